The van der Waals surface area contributed by atoms with E-state index in [4.69, 9.17) is 0 Å². The van der Waals surface area contributed by atoms with Crippen LogP contribution in [0.15, 0.2) is 0 Å². The number of piperidine rings is 1. The van der Waals surface area contributed by atoms with Crippen LogP contribution in [0, 0.1) is 0 Å². The summed E-state index contributed by atoms with van der Waals surface area (Å²) in [4.78, 5) is 11.8. The molecule has 0 unspecified atom stereocenters. The number of carbonyl (C=O) groups excluding carboxylic acids is 1. The third-order valence-corrected chi connectivity index (χ3v) is 2.87. The van der Waals surface area contributed by atoms with E-state index >= 15 is 0 Å². The summed E-state index contributed by atoms with van der Waals surface area (Å²) in [5.41, 5.74) is -0.539. The number of carbonyl (C=O) groups is 1. The molecule has 1 spiro atoms. The van der Waals surface area contributed by atoms with Gasteiger partial charge in [0, 0.05) is 0 Å². The van der Waals surface area contributed by atoms with E-state index in [0.717, 1.165) is 25.9 Å². The van der Waals surface area contributed by atoms with Gasteiger partial charge in [-0.25, -0.2) is 0 Å². The molecule has 0 aliphatic carbocycles. The summed E-state index contributed by atoms with van der Waals surface area (Å²) in [6.07, 6.45) is 1.78. The fourth-order valence-corrected chi connectivity index (χ4v) is 2.30. The lowest BCUT2D eigenvalue weighted by Crippen LogP contribution is -2.55. The van der Waals surface area contributed by atoms with Crippen molar-refractivity contribution in [2.75, 3.05) is 13.1 Å². The van der Waals surface area contributed by atoms with Gasteiger partial charge in [0.15, 0.2) is 0 Å². The van der Waals surface area contributed by atoms with Crippen molar-refractivity contribution in [2.45, 2.75) is 37.9 Å². The Kier molecular flexibility index (Phi) is 1.85. The Balaban J connectivity index is 2.18. The van der Waals surface area contributed by atoms with Gasteiger partial charge in [-0.2, -0.15) is 0 Å². The molecule has 3 N–H and O–H groups in total. The Morgan fingerprint density at radius 2 is 1.85 bits per heavy atom. The van der Waals surface area contributed by atoms with Crippen molar-refractivity contribution in [1.29, 1.82) is 0 Å². The minimum absolute atomic E-state index is 0.166. The van der Waals surface area contributed by atoms with Gasteiger partial charge in [-0.1, -0.05) is 0 Å². The molecule has 2 aliphatic heterocycles. The van der Waals surface area contributed by atoms with Gasteiger partial charge in [0.1, 0.15) is 5.54 Å². The summed E-state index contributed by atoms with van der Waals surface area (Å²) < 4.78 is 0. The summed E-state index contributed by atoms with van der Waals surface area (Å²) in [6.45, 7) is 5.86. The van der Waals surface area contributed by atoms with Crippen LogP contribution in [0.4, 0.5) is 0 Å². The van der Waals surface area contributed by atoms with Crippen LogP contribution in [-0.2, 0) is 4.79 Å². The third kappa shape index (κ3) is 1.44. The largest absolute Gasteiger partial charge is 0.337 e. The molecule has 2 heterocycles. The molecule has 0 aromatic heterocycles. The second-order valence-corrected chi connectivity index (χ2v) is 4.54. The summed E-state index contributed by atoms with van der Waals surface area (Å²) >= 11 is 0. The van der Waals surface area contributed by atoms with Crippen LogP contribution in [0.5, 0.6) is 0 Å². The average molecular weight is 183 g/mol. The third-order valence-electron chi connectivity index (χ3n) is 2.87. The zero-order valence-electron chi connectivity index (χ0n) is 8.24. The second-order valence-electron chi connectivity index (χ2n) is 4.54. The standard InChI is InChI=1S/C9H17N3O/c1-8(2)11-7(13)9(12-8)3-5-10-6-4-9/h10,12H,3-6H2,1-2H3,(H,11,13). The Morgan fingerprint density at radius 3 is 2.31 bits per heavy atom. The van der Waals surface area contributed by atoms with Crippen molar-refractivity contribution in [2.24, 2.45) is 0 Å². The van der Waals surface area contributed by atoms with Gasteiger partial charge in [-0.05, 0) is 39.8 Å². The second kappa shape index (κ2) is 2.69. The van der Waals surface area contributed by atoms with Gasteiger partial charge >= 0.3 is 0 Å². The number of hydrogen-bond donors (Lipinski definition) is 3. The first-order valence-electron chi connectivity index (χ1n) is 4.87. The topological polar surface area (TPSA) is 53.2 Å². The molecule has 0 bridgehead atoms. The Bertz CT molecular complexity index is 231. The molecular weight excluding hydrogens is 166 g/mol. The average Bonchev–Trinajstić information content (AvgIpc) is 2.23. The van der Waals surface area contributed by atoms with Gasteiger partial charge in [0.25, 0.3) is 0 Å². The van der Waals surface area contributed by atoms with E-state index in [1.54, 1.807) is 0 Å². The van der Waals surface area contributed by atoms with E-state index in [9.17, 15) is 4.79 Å². The molecule has 0 aromatic rings. The normalized spacial score (nSPS) is 30.5. The lowest BCUT2D eigenvalue weighted by Gasteiger charge is -2.33. The molecular formula is C9H17N3O. The van der Waals surface area contributed by atoms with E-state index < -0.39 is 0 Å². The molecule has 2 fully saturated rings. The van der Waals surface area contributed by atoms with E-state index in [1.165, 1.54) is 0 Å². The maximum Gasteiger partial charge on any atom is 0.241 e. The number of rotatable bonds is 0. The molecule has 13 heavy (non-hydrogen) atoms. The van der Waals surface area contributed by atoms with Crippen molar-refractivity contribution in [1.82, 2.24) is 16.0 Å². The van der Waals surface area contributed by atoms with E-state index in [0.29, 0.717) is 0 Å². The zero-order chi connectivity index (χ0) is 9.53. The lowest BCUT2D eigenvalue weighted by atomic mass is 9.88. The summed E-state index contributed by atoms with van der Waals surface area (Å²) in [5, 5.41) is 9.63. The Hall–Kier alpha value is -0.610. The van der Waals surface area contributed by atoms with E-state index in [1.807, 2.05) is 13.8 Å². The highest BCUT2D eigenvalue weighted by Crippen LogP contribution is 2.26. The minimum Gasteiger partial charge on any atom is -0.337 e. The van der Waals surface area contributed by atoms with Crippen LogP contribution in [0.1, 0.15) is 26.7 Å². The van der Waals surface area contributed by atoms with Crippen molar-refractivity contribution < 1.29 is 4.79 Å². The van der Waals surface area contributed by atoms with Gasteiger partial charge in [0.05, 0.1) is 5.66 Å². The smallest absolute Gasteiger partial charge is 0.241 e. The Labute approximate surface area is 78.5 Å². The molecule has 2 saturated heterocycles. The first-order valence-corrected chi connectivity index (χ1v) is 4.87. The quantitative estimate of drug-likeness (QED) is 0.477. The van der Waals surface area contributed by atoms with Crippen LogP contribution in [0.25, 0.3) is 0 Å². The molecule has 2 aliphatic rings. The van der Waals surface area contributed by atoms with Crippen LogP contribution < -0.4 is 16.0 Å². The lowest BCUT2D eigenvalue weighted by molar-refractivity contribution is -0.125. The monoisotopic (exact) mass is 183 g/mol. The molecule has 0 saturated carbocycles. The molecule has 0 radical (unpaired) electrons. The minimum atomic E-state index is -0.297. The summed E-state index contributed by atoms with van der Waals surface area (Å²) in [5.74, 6) is 0.166. The predicted octanol–water partition coefficient (Wildman–Crippen LogP) is -0.436. The number of hydrogen-bond acceptors (Lipinski definition) is 3. The molecule has 74 valence electrons. The summed E-state index contributed by atoms with van der Waals surface area (Å²) in [6, 6.07) is 0. The van der Waals surface area contributed by atoms with E-state index in [-0.39, 0.29) is 17.1 Å². The van der Waals surface area contributed by atoms with Gasteiger partial charge in [0.2, 0.25) is 5.91 Å². The van der Waals surface area contributed by atoms with Gasteiger partial charge in [-0.15, -0.1) is 0 Å². The van der Waals surface area contributed by atoms with Crippen molar-refractivity contribution in [3.8, 4) is 0 Å². The zero-order valence-corrected chi connectivity index (χ0v) is 8.24. The highest BCUT2D eigenvalue weighted by Gasteiger charge is 2.49. The predicted molar refractivity (Wildman–Crippen MR) is 50.2 cm³/mol. The van der Waals surface area contributed by atoms with Crippen molar-refractivity contribution >= 4 is 5.91 Å². The van der Waals surface area contributed by atoms with Crippen molar-refractivity contribution in [3.05, 3.63) is 0 Å². The fraction of sp³-hybridized carbons (Fsp3) is 0.889. The highest BCUT2D eigenvalue weighted by molar-refractivity contribution is 5.89. The van der Waals surface area contributed by atoms with E-state index in [2.05, 4.69) is 16.0 Å². The summed E-state index contributed by atoms with van der Waals surface area (Å²) in [7, 11) is 0. The van der Waals surface area contributed by atoms with Gasteiger partial charge in [-0.3, -0.25) is 10.1 Å². The van der Waals surface area contributed by atoms with Crippen LogP contribution >= 0.6 is 0 Å². The van der Waals surface area contributed by atoms with Crippen LogP contribution in [0.3, 0.4) is 0 Å². The van der Waals surface area contributed by atoms with Crippen LogP contribution in [0.2, 0.25) is 0 Å². The Morgan fingerprint density at radius 1 is 1.23 bits per heavy atom. The number of amides is 1. The molecule has 1 amide bonds. The van der Waals surface area contributed by atoms with Crippen molar-refractivity contribution in [3.63, 3.8) is 0 Å². The molecule has 0 atom stereocenters. The van der Waals surface area contributed by atoms with Gasteiger partial charge < -0.3 is 10.6 Å². The molecule has 2 rings (SSSR count). The first-order chi connectivity index (χ1) is 6.04. The number of nitrogens with one attached hydrogen (secondary N) is 3. The molecule has 4 heteroatoms. The maximum absolute atomic E-state index is 11.8. The molecule has 0 aromatic carbocycles. The first kappa shape index (κ1) is 8.97. The fourth-order valence-electron chi connectivity index (χ4n) is 2.30. The maximum atomic E-state index is 11.8. The van der Waals surface area contributed by atoms with Crippen LogP contribution in [-0.4, -0.2) is 30.2 Å². The SMILES string of the molecule is CC1(C)NC(=O)C2(CCNCC2)N1. The highest BCUT2D eigenvalue weighted by atomic mass is 16.2. The molecule has 4 nitrogen and oxygen atoms in total.